The second kappa shape index (κ2) is 5.97. The molecule has 2 fully saturated rings. The number of piperidine rings is 1. The molecule has 0 spiro atoms. The lowest BCUT2D eigenvalue weighted by molar-refractivity contribution is -0.128. The number of hydrogen-bond acceptors (Lipinski definition) is 4. The molecule has 0 aromatic carbocycles. The van der Waals surface area contributed by atoms with Gasteiger partial charge in [-0.3, -0.25) is 4.79 Å². The van der Waals surface area contributed by atoms with Gasteiger partial charge in [0, 0.05) is 36.1 Å². The van der Waals surface area contributed by atoms with E-state index in [0.717, 1.165) is 32.5 Å². The molecule has 0 aliphatic carbocycles. The summed E-state index contributed by atoms with van der Waals surface area (Å²) in [4.78, 5) is 16.0. The van der Waals surface area contributed by atoms with Crippen molar-refractivity contribution in [1.82, 2.24) is 9.80 Å². The third-order valence-electron chi connectivity index (χ3n) is 4.05. The second-order valence-electron chi connectivity index (χ2n) is 5.82. The van der Waals surface area contributed by atoms with Gasteiger partial charge in [-0.2, -0.15) is 0 Å². The lowest BCUT2D eigenvalue weighted by Gasteiger charge is -2.31. The van der Waals surface area contributed by atoms with Gasteiger partial charge in [-0.25, -0.2) is 8.42 Å². The number of likely N-dealkylation sites (tertiary alicyclic amines) is 2. The van der Waals surface area contributed by atoms with E-state index in [0.29, 0.717) is 18.9 Å². The van der Waals surface area contributed by atoms with Crippen LogP contribution in [0, 0.1) is 11.8 Å². The predicted molar refractivity (Wildman–Crippen MR) is 74.5 cm³/mol. The van der Waals surface area contributed by atoms with E-state index in [-0.39, 0.29) is 17.6 Å². The Labute approximate surface area is 119 Å². The summed E-state index contributed by atoms with van der Waals surface area (Å²) >= 11 is 0. The van der Waals surface area contributed by atoms with Crippen molar-refractivity contribution in [3.05, 3.63) is 0 Å². The molecule has 0 aromatic heterocycles. The first-order valence-electron chi connectivity index (χ1n) is 6.72. The van der Waals surface area contributed by atoms with Gasteiger partial charge in [0.1, 0.15) is 0 Å². The van der Waals surface area contributed by atoms with Crippen molar-refractivity contribution in [3.63, 3.8) is 0 Å². The Balaban J connectivity index is 1.83. The number of rotatable bonds is 4. The third-order valence-corrected chi connectivity index (χ3v) is 5.29. The Morgan fingerprint density at radius 3 is 2.47 bits per heavy atom. The average Bonchev–Trinajstić information content (AvgIpc) is 2.60. The third kappa shape index (κ3) is 4.61. The number of amides is 1. The van der Waals surface area contributed by atoms with Crippen LogP contribution in [-0.4, -0.2) is 63.1 Å². The van der Waals surface area contributed by atoms with Gasteiger partial charge in [-0.1, -0.05) is 0 Å². The van der Waals surface area contributed by atoms with Gasteiger partial charge in [0.2, 0.25) is 15.0 Å². The quantitative estimate of drug-likeness (QED) is 0.719. The van der Waals surface area contributed by atoms with Crippen LogP contribution in [0.3, 0.4) is 0 Å². The highest BCUT2D eigenvalue weighted by Crippen LogP contribution is 2.24. The first kappa shape index (κ1) is 15.1. The average molecular weight is 309 g/mol. The molecule has 110 valence electrons. The van der Waals surface area contributed by atoms with Gasteiger partial charge in [0.15, 0.2) is 0 Å². The number of nitrogens with zero attached hydrogens (tertiary/aromatic N) is 2. The van der Waals surface area contributed by atoms with E-state index >= 15 is 0 Å². The van der Waals surface area contributed by atoms with E-state index in [1.54, 1.807) is 0 Å². The maximum Gasteiger partial charge on any atom is 0.232 e. The summed E-state index contributed by atoms with van der Waals surface area (Å²) in [7, 11) is 3.86. The Morgan fingerprint density at radius 2 is 1.89 bits per heavy atom. The van der Waals surface area contributed by atoms with Gasteiger partial charge >= 0.3 is 0 Å². The molecule has 0 saturated carbocycles. The maximum absolute atomic E-state index is 11.9. The molecule has 1 atom stereocenters. The van der Waals surface area contributed by atoms with Crippen molar-refractivity contribution in [2.45, 2.75) is 19.3 Å². The summed E-state index contributed by atoms with van der Waals surface area (Å²) in [5, 5.41) is 0. The molecule has 2 aliphatic rings. The topological polar surface area (TPSA) is 57.7 Å². The predicted octanol–water partition coefficient (Wildman–Crippen LogP) is 0.745. The zero-order chi connectivity index (χ0) is 14.0. The Morgan fingerprint density at radius 1 is 1.26 bits per heavy atom. The van der Waals surface area contributed by atoms with E-state index in [2.05, 4.69) is 11.9 Å². The van der Waals surface area contributed by atoms with Gasteiger partial charge in [-0.05, 0) is 38.9 Å². The van der Waals surface area contributed by atoms with Crippen LogP contribution in [0.2, 0.25) is 0 Å². The maximum atomic E-state index is 11.9. The first-order valence-corrected chi connectivity index (χ1v) is 9.20. The Bertz CT molecular complexity index is 432. The summed E-state index contributed by atoms with van der Waals surface area (Å²) in [5.74, 6) is 0.390. The zero-order valence-electron chi connectivity index (χ0n) is 11.2. The van der Waals surface area contributed by atoms with Crippen molar-refractivity contribution in [2.24, 2.45) is 11.8 Å². The smallest absolute Gasteiger partial charge is 0.232 e. The highest BCUT2D eigenvalue weighted by atomic mass is 35.7. The largest absolute Gasteiger partial charge is 0.342 e. The van der Waals surface area contributed by atoms with E-state index in [9.17, 15) is 13.2 Å². The molecule has 19 heavy (non-hydrogen) atoms. The fourth-order valence-corrected chi connectivity index (χ4v) is 4.30. The molecule has 2 heterocycles. The monoisotopic (exact) mass is 308 g/mol. The van der Waals surface area contributed by atoms with Gasteiger partial charge < -0.3 is 9.80 Å². The lowest BCUT2D eigenvalue weighted by Crippen LogP contribution is -2.37. The molecular weight excluding hydrogens is 288 g/mol. The zero-order valence-corrected chi connectivity index (χ0v) is 12.8. The van der Waals surface area contributed by atoms with Crippen molar-refractivity contribution in [1.29, 1.82) is 0 Å². The summed E-state index contributed by atoms with van der Waals surface area (Å²) in [5.41, 5.74) is 0. The van der Waals surface area contributed by atoms with Crippen molar-refractivity contribution in [2.75, 3.05) is 39.0 Å². The van der Waals surface area contributed by atoms with Crippen LogP contribution in [0.25, 0.3) is 0 Å². The van der Waals surface area contributed by atoms with Crippen molar-refractivity contribution < 1.29 is 13.2 Å². The Hall–Kier alpha value is -0.330. The van der Waals surface area contributed by atoms with Gasteiger partial charge in [-0.15, -0.1) is 0 Å². The van der Waals surface area contributed by atoms with E-state index in [4.69, 9.17) is 10.7 Å². The molecule has 7 heteroatoms. The second-order valence-corrected chi connectivity index (χ2v) is 8.64. The van der Waals surface area contributed by atoms with Crippen molar-refractivity contribution >= 4 is 25.6 Å². The normalized spacial score (nSPS) is 27.2. The Kier molecular flexibility index (Phi) is 4.74. The van der Waals surface area contributed by atoms with Crippen LogP contribution >= 0.6 is 10.7 Å². The minimum absolute atomic E-state index is 0.0734. The van der Waals surface area contributed by atoms with E-state index in [1.807, 2.05) is 4.90 Å². The fourth-order valence-electron chi connectivity index (χ4n) is 2.98. The van der Waals surface area contributed by atoms with Crippen LogP contribution in [0.5, 0.6) is 0 Å². The standard InChI is InChI=1S/C12H21ClN2O3S/c1-14-4-2-10(3-5-14)7-15-8-11(6-12(15)16)9-19(13,17)18/h10-11H,2-9H2,1H3. The summed E-state index contributed by atoms with van der Waals surface area (Å²) < 4.78 is 22.1. The van der Waals surface area contributed by atoms with Crippen LogP contribution in [0.4, 0.5) is 0 Å². The molecular formula is C12H21ClN2O3S. The highest BCUT2D eigenvalue weighted by Gasteiger charge is 2.33. The molecule has 2 rings (SSSR count). The molecule has 1 unspecified atom stereocenters. The number of carbonyl (C=O) groups excluding carboxylic acids is 1. The molecule has 1 amide bonds. The minimum atomic E-state index is -3.51. The van der Waals surface area contributed by atoms with Gasteiger partial charge in [0.05, 0.1) is 5.75 Å². The van der Waals surface area contributed by atoms with Crippen LogP contribution < -0.4 is 0 Å². The number of carbonyl (C=O) groups is 1. The molecule has 0 N–H and O–H groups in total. The minimum Gasteiger partial charge on any atom is -0.342 e. The fraction of sp³-hybridized carbons (Fsp3) is 0.917. The van der Waals surface area contributed by atoms with Crippen LogP contribution in [-0.2, 0) is 13.8 Å². The summed E-state index contributed by atoms with van der Waals surface area (Å²) in [6.45, 7) is 3.46. The molecule has 0 aromatic rings. The van der Waals surface area contributed by atoms with Crippen LogP contribution in [0.1, 0.15) is 19.3 Å². The number of hydrogen-bond donors (Lipinski definition) is 0. The SMILES string of the molecule is CN1CCC(CN2CC(CS(=O)(=O)Cl)CC2=O)CC1. The lowest BCUT2D eigenvalue weighted by atomic mass is 9.97. The molecule has 2 aliphatic heterocycles. The first-order chi connectivity index (χ1) is 8.83. The molecule has 5 nitrogen and oxygen atoms in total. The summed E-state index contributed by atoms with van der Waals surface area (Å²) in [6, 6.07) is 0. The summed E-state index contributed by atoms with van der Waals surface area (Å²) in [6.07, 6.45) is 2.54. The molecule has 0 radical (unpaired) electrons. The van der Waals surface area contributed by atoms with Crippen molar-refractivity contribution in [3.8, 4) is 0 Å². The van der Waals surface area contributed by atoms with Crippen LogP contribution in [0.15, 0.2) is 0 Å². The van der Waals surface area contributed by atoms with E-state index in [1.165, 1.54) is 0 Å². The highest BCUT2D eigenvalue weighted by molar-refractivity contribution is 8.13. The van der Waals surface area contributed by atoms with E-state index < -0.39 is 9.05 Å². The molecule has 2 saturated heterocycles. The number of halogens is 1. The van der Waals surface area contributed by atoms with Gasteiger partial charge in [0.25, 0.3) is 0 Å². The molecule has 0 bridgehead atoms.